The second-order valence-electron chi connectivity index (χ2n) is 10.6. The summed E-state index contributed by atoms with van der Waals surface area (Å²) in [4.78, 5) is 22.4. The molecule has 0 aliphatic heterocycles. The molecule has 0 unspecified atom stereocenters. The molecule has 1 N–H and O–H groups in total. The standard InChI is InChI=1S/C35H51NO13/c37-34(38)28-48-26-25-47-24-23-46-22-21-45-20-19-44-18-17-43-16-15-42-14-13-41-12-11-40-10-9-36-35(39)49-27-33-31-7-3-1-5-29(31)30-6-2-4-8-32(30)33/h1-8,33H,9-28H2,(H,36,39)(H,37,38)/p-1. The van der Waals surface area contributed by atoms with Crippen LogP contribution in [0, 0.1) is 0 Å². The van der Waals surface area contributed by atoms with Crippen molar-refractivity contribution in [1.82, 2.24) is 5.32 Å². The second kappa shape index (κ2) is 26.7. The predicted molar refractivity (Wildman–Crippen MR) is 175 cm³/mol. The van der Waals surface area contributed by atoms with E-state index in [1.807, 2.05) is 24.3 Å². The van der Waals surface area contributed by atoms with Gasteiger partial charge in [-0.2, -0.15) is 0 Å². The Kier molecular flexibility index (Phi) is 21.9. The molecular weight excluding hydrogens is 642 g/mol. The van der Waals surface area contributed by atoms with Crippen LogP contribution in [0.3, 0.4) is 0 Å². The average Bonchev–Trinajstić information content (AvgIpc) is 3.43. The first kappa shape index (κ1) is 40.3. The molecule has 0 saturated carbocycles. The van der Waals surface area contributed by atoms with Gasteiger partial charge in [-0.1, -0.05) is 48.5 Å². The number of hydrogen-bond donors (Lipinski definition) is 1. The molecule has 0 saturated heterocycles. The number of amides is 1. The van der Waals surface area contributed by atoms with E-state index in [1.165, 1.54) is 22.3 Å². The van der Waals surface area contributed by atoms with Crippen LogP contribution in [0.2, 0.25) is 0 Å². The van der Waals surface area contributed by atoms with E-state index in [-0.39, 0.29) is 19.1 Å². The fourth-order valence-electron chi connectivity index (χ4n) is 4.79. The summed E-state index contributed by atoms with van der Waals surface area (Å²) in [5, 5.41) is 12.9. The molecule has 274 valence electrons. The highest BCUT2D eigenvalue weighted by molar-refractivity contribution is 5.79. The minimum atomic E-state index is -1.25. The van der Waals surface area contributed by atoms with Gasteiger partial charge in [-0.25, -0.2) is 4.79 Å². The molecule has 0 spiro atoms. The first-order valence-electron chi connectivity index (χ1n) is 16.6. The molecule has 3 rings (SSSR count). The first-order chi connectivity index (χ1) is 24.2. The number of carboxylic acids is 1. The summed E-state index contributed by atoms with van der Waals surface area (Å²) in [6.07, 6.45) is -0.459. The highest BCUT2D eigenvalue weighted by Crippen LogP contribution is 2.44. The minimum Gasteiger partial charge on any atom is -0.548 e. The molecule has 49 heavy (non-hydrogen) atoms. The van der Waals surface area contributed by atoms with Gasteiger partial charge in [0.1, 0.15) is 6.61 Å². The zero-order valence-electron chi connectivity index (χ0n) is 28.1. The van der Waals surface area contributed by atoms with Gasteiger partial charge in [0.2, 0.25) is 0 Å². The number of fused-ring (bicyclic) bond motifs is 3. The van der Waals surface area contributed by atoms with Gasteiger partial charge >= 0.3 is 6.09 Å². The Bertz CT molecular complexity index is 1120. The van der Waals surface area contributed by atoms with Crippen molar-refractivity contribution in [2.75, 3.05) is 132 Å². The van der Waals surface area contributed by atoms with E-state index in [9.17, 15) is 14.7 Å². The molecule has 0 fully saturated rings. The molecule has 1 aliphatic carbocycles. The van der Waals surface area contributed by atoms with Gasteiger partial charge in [0.05, 0.1) is 125 Å². The monoisotopic (exact) mass is 692 g/mol. The molecule has 0 heterocycles. The molecule has 0 radical (unpaired) electrons. The highest BCUT2D eigenvalue weighted by Gasteiger charge is 2.28. The lowest BCUT2D eigenvalue weighted by Gasteiger charge is -2.14. The molecule has 2 aromatic carbocycles. The molecule has 0 atom stereocenters. The molecule has 1 amide bonds. The summed E-state index contributed by atoms with van der Waals surface area (Å²) in [7, 11) is 0. The van der Waals surface area contributed by atoms with Gasteiger partial charge in [-0.3, -0.25) is 0 Å². The summed E-state index contributed by atoms with van der Waals surface area (Å²) in [6, 6.07) is 16.5. The number of aliphatic carboxylic acids is 1. The highest BCUT2D eigenvalue weighted by atomic mass is 16.6. The second-order valence-corrected chi connectivity index (χ2v) is 10.6. The maximum Gasteiger partial charge on any atom is 0.407 e. The summed E-state index contributed by atoms with van der Waals surface area (Å²) in [6.45, 7) is 7.29. The van der Waals surface area contributed by atoms with Crippen LogP contribution in [-0.4, -0.2) is 144 Å². The lowest BCUT2D eigenvalue weighted by molar-refractivity contribution is -0.309. The number of carbonyl (C=O) groups excluding carboxylic acids is 2. The Balaban J connectivity index is 0.982. The fourth-order valence-corrected chi connectivity index (χ4v) is 4.79. The summed E-state index contributed by atoms with van der Waals surface area (Å²) >= 11 is 0. The van der Waals surface area contributed by atoms with Crippen molar-refractivity contribution in [3.05, 3.63) is 59.7 Å². The number of benzene rings is 2. The zero-order valence-corrected chi connectivity index (χ0v) is 28.1. The van der Waals surface area contributed by atoms with Gasteiger partial charge in [0.15, 0.2) is 0 Å². The van der Waals surface area contributed by atoms with Gasteiger partial charge in [0, 0.05) is 12.5 Å². The Hall–Kier alpha value is -3.18. The topological polar surface area (TPSA) is 162 Å². The SMILES string of the molecule is O=C([O-])COCCOCCOCCOCCOCCOCCOCCOCCOCCNC(=O)OCC1c2ccccc2-c2ccccc21. The Labute approximate surface area is 288 Å². The number of carboxylic acid groups (broad SMARTS) is 1. The Morgan fingerprint density at radius 2 is 0.857 bits per heavy atom. The summed E-state index contributed by atoms with van der Waals surface area (Å²) in [5.41, 5.74) is 4.75. The van der Waals surface area contributed by atoms with Crippen LogP contribution in [0.15, 0.2) is 48.5 Å². The zero-order chi connectivity index (χ0) is 34.6. The largest absolute Gasteiger partial charge is 0.548 e. The maximum absolute atomic E-state index is 12.2. The average molecular weight is 693 g/mol. The normalized spacial score (nSPS) is 12.2. The van der Waals surface area contributed by atoms with E-state index < -0.39 is 18.7 Å². The number of ether oxygens (including phenoxy) is 10. The van der Waals surface area contributed by atoms with E-state index in [1.54, 1.807) is 0 Å². The van der Waals surface area contributed by atoms with E-state index in [0.29, 0.717) is 112 Å². The number of alkyl carbamates (subject to hydrolysis) is 1. The van der Waals surface area contributed by atoms with Crippen LogP contribution in [-0.2, 0) is 52.2 Å². The van der Waals surface area contributed by atoms with E-state index in [0.717, 1.165) is 0 Å². The quantitative estimate of drug-likeness (QED) is 0.113. The van der Waals surface area contributed by atoms with Crippen LogP contribution >= 0.6 is 0 Å². The molecule has 0 aromatic heterocycles. The Morgan fingerprint density at radius 1 is 0.510 bits per heavy atom. The van der Waals surface area contributed by atoms with Crippen molar-refractivity contribution in [2.24, 2.45) is 0 Å². The van der Waals surface area contributed by atoms with Gasteiger partial charge in [0.25, 0.3) is 0 Å². The molecule has 14 nitrogen and oxygen atoms in total. The van der Waals surface area contributed by atoms with E-state index >= 15 is 0 Å². The van der Waals surface area contributed by atoms with Crippen molar-refractivity contribution in [3.63, 3.8) is 0 Å². The number of nitrogens with one attached hydrogen (secondary N) is 1. The molecule has 0 bridgehead atoms. The van der Waals surface area contributed by atoms with Gasteiger partial charge < -0.3 is 62.6 Å². The maximum atomic E-state index is 12.2. The third-order valence-corrected chi connectivity index (χ3v) is 7.06. The summed E-state index contributed by atoms with van der Waals surface area (Å²) in [5.74, 6) is -1.22. The van der Waals surface area contributed by atoms with E-state index in [4.69, 9.17) is 47.4 Å². The smallest absolute Gasteiger partial charge is 0.407 e. The Morgan fingerprint density at radius 3 is 1.24 bits per heavy atom. The number of hydrogen-bond acceptors (Lipinski definition) is 13. The molecule has 14 heteroatoms. The first-order valence-corrected chi connectivity index (χ1v) is 16.6. The molecule has 1 aliphatic rings. The van der Waals surface area contributed by atoms with Crippen molar-refractivity contribution in [2.45, 2.75) is 5.92 Å². The predicted octanol–water partition coefficient (Wildman–Crippen LogP) is 1.42. The van der Waals surface area contributed by atoms with Crippen molar-refractivity contribution in [3.8, 4) is 11.1 Å². The third-order valence-electron chi connectivity index (χ3n) is 7.06. The lowest BCUT2D eigenvalue weighted by Crippen LogP contribution is -2.29. The molecular formula is C35H50NO13-. The van der Waals surface area contributed by atoms with Crippen molar-refractivity contribution >= 4 is 12.1 Å². The number of carbonyl (C=O) groups is 2. The van der Waals surface area contributed by atoms with Crippen LogP contribution in [0.1, 0.15) is 17.0 Å². The van der Waals surface area contributed by atoms with Crippen LogP contribution < -0.4 is 10.4 Å². The third kappa shape index (κ3) is 17.9. The number of rotatable bonds is 31. The van der Waals surface area contributed by atoms with Crippen LogP contribution in [0.4, 0.5) is 4.79 Å². The van der Waals surface area contributed by atoms with Crippen LogP contribution in [0.25, 0.3) is 11.1 Å². The van der Waals surface area contributed by atoms with Crippen molar-refractivity contribution in [1.29, 1.82) is 0 Å². The lowest BCUT2D eigenvalue weighted by atomic mass is 9.98. The molecule has 2 aromatic rings. The summed E-state index contributed by atoms with van der Waals surface area (Å²) < 4.78 is 53.7. The van der Waals surface area contributed by atoms with Gasteiger partial charge in [-0.05, 0) is 22.3 Å². The van der Waals surface area contributed by atoms with Gasteiger partial charge in [-0.15, -0.1) is 0 Å². The van der Waals surface area contributed by atoms with Crippen LogP contribution in [0.5, 0.6) is 0 Å². The van der Waals surface area contributed by atoms with Crippen molar-refractivity contribution < 1.29 is 62.1 Å². The fraction of sp³-hybridized carbons (Fsp3) is 0.600. The minimum absolute atomic E-state index is 0.0321. The van der Waals surface area contributed by atoms with E-state index in [2.05, 4.69) is 29.6 Å².